The van der Waals surface area contributed by atoms with Crippen LogP contribution in [0.15, 0.2) is 35.5 Å². The highest BCUT2D eigenvalue weighted by Crippen LogP contribution is 2.29. The second-order valence-corrected chi connectivity index (χ2v) is 10.9. The summed E-state index contributed by atoms with van der Waals surface area (Å²) in [6.45, 7) is 4.47. The van der Waals surface area contributed by atoms with E-state index in [0.717, 1.165) is 27.6 Å². The van der Waals surface area contributed by atoms with Crippen molar-refractivity contribution in [1.29, 1.82) is 5.26 Å². The fourth-order valence-electron chi connectivity index (χ4n) is 5.75. The number of aliphatic carboxylic acids is 1. The summed E-state index contributed by atoms with van der Waals surface area (Å²) in [7, 11) is 0. The molecule has 0 unspecified atom stereocenters. The number of aromatic amines is 1. The number of aromatic nitrogens is 2. The van der Waals surface area contributed by atoms with Gasteiger partial charge in [-0.05, 0) is 54.7 Å². The second kappa shape index (κ2) is 12.1. The number of hydrogen-bond acceptors (Lipinski definition) is 8. The summed E-state index contributed by atoms with van der Waals surface area (Å²) in [5.41, 5.74) is 10.8. The number of nitrogens with two attached hydrogens (primary N) is 1. The lowest BCUT2D eigenvalue weighted by Crippen LogP contribution is -2.45. The number of fused-ring (bicyclic) bond motifs is 2. The molecule has 0 radical (unpaired) electrons. The first-order valence-electron chi connectivity index (χ1n) is 13.8. The topological polar surface area (TPSA) is 213 Å². The van der Waals surface area contributed by atoms with Crippen LogP contribution in [0, 0.1) is 25.3 Å². The Morgan fingerprint density at radius 2 is 2.05 bits per heavy atom. The molecule has 7 N–H and O–H groups in total. The third kappa shape index (κ3) is 5.99. The van der Waals surface area contributed by atoms with E-state index in [9.17, 15) is 24.6 Å². The molecule has 3 heterocycles. The van der Waals surface area contributed by atoms with E-state index in [1.807, 2.05) is 19.1 Å². The molecule has 2 aliphatic rings. The summed E-state index contributed by atoms with van der Waals surface area (Å²) >= 11 is 0. The predicted molar refractivity (Wildman–Crippen MR) is 156 cm³/mol. The van der Waals surface area contributed by atoms with Crippen LogP contribution in [-0.4, -0.2) is 98.3 Å². The van der Waals surface area contributed by atoms with Crippen LogP contribution in [0.4, 0.5) is 0 Å². The van der Waals surface area contributed by atoms with E-state index < -0.39 is 30.1 Å². The number of carboxylic acid groups (broad SMARTS) is 1. The highest BCUT2D eigenvalue weighted by molar-refractivity contribution is 6.00. The number of nitriles is 1. The van der Waals surface area contributed by atoms with Gasteiger partial charge < -0.3 is 31.1 Å². The molecule has 2 aliphatic heterocycles. The number of aliphatic hydroxyl groups is 1. The molecule has 3 atom stereocenters. The number of amides is 2. The summed E-state index contributed by atoms with van der Waals surface area (Å²) < 4.78 is 0. The first-order valence-corrected chi connectivity index (χ1v) is 13.8. The van der Waals surface area contributed by atoms with Crippen LogP contribution in [0.5, 0.6) is 0 Å². The van der Waals surface area contributed by atoms with Gasteiger partial charge in [0.1, 0.15) is 6.04 Å². The molecule has 43 heavy (non-hydrogen) atoms. The standard InChI is InChI=1S/C29H33N9O5/c1-15-7-19-11-37(27(41)17-3-4-18-9-34-36-22(18)8-17)6-5-20(19)16(2)25(15)26(40)35-23(28(42)43)10-32-29(33-14-30)38-12-21(31)24(39)13-38/h3-4,7-9,21,23-24,39H,5-6,10-13,31H2,1-2H3,(H,32,33)(H,34,36)(H,35,40)(H,42,43)/t21-,23-,24+/m0/s1. The van der Waals surface area contributed by atoms with Gasteiger partial charge in [0.2, 0.25) is 5.96 Å². The van der Waals surface area contributed by atoms with E-state index in [2.05, 4.69) is 25.8 Å². The summed E-state index contributed by atoms with van der Waals surface area (Å²) in [4.78, 5) is 46.3. The van der Waals surface area contributed by atoms with E-state index in [-0.39, 0.29) is 31.5 Å². The third-order valence-electron chi connectivity index (χ3n) is 8.02. The highest BCUT2D eigenvalue weighted by atomic mass is 16.4. The van der Waals surface area contributed by atoms with Crippen molar-refractivity contribution in [3.63, 3.8) is 0 Å². The number of aryl methyl sites for hydroxylation is 1. The first kappa shape index (κ1) is 29.5. The van der Waals surface area contributed by atoms with Crippen LogP contribution in [0.1, 0.15) is 43.0 Å². The Balaban J connectivity index is 1.31. The molecule has 14 nitrogen and oxygen atoms in total. The number of rotatable bonds is 6. The molecule has 1 fully saturated rings. The fraction of sp³-hybridized carbons (Fsp3) is 0.379. The van der Waals surface area contributed by atoms with Crippen LogP contribution < -0.4 is 16.4 Å². The van der Waals surface area contributed by atoms with Gasteiger partial charge in [-0.1, -0.05) is 12.1 Å². The summed E-state index contributed by atoms with van der Waals surface area (Å²) in [6.07, 6.45) is 3.18. The number of guanidine groups is 1. The van der Waals surface area contributed by atoms with Gasteiger partial charge in [0, 0.05) is 48.7 Å². The molecule has 5 rings (SSSR count). The van der Waals surface area contributed by atoms with E-state index >= 15 is 0 Å². The minimum Gasteiger partial charge on any atom is -0.480 e. The zero-order valence-electron chi connectivity index (χ0n) is 23.8. The van der Waals surface area contributed by atoms with Crippen molar-refractivity contribution in [3.05, 3.63) is 63.8 Å². The zero-order chi connectivity index (χ0) is 30.8. The van der Waals surface area contributed by atoms with Crippen molar-refractivity contribution in [1.82, 2.24) is 30.6 Å². The van der Waals surface area contributed by atoms with Crippen molar-refractivity contribution in [2.75, 3.05) is 26.2 Å². The average molecular weight is 588 g/mol. The highest BCUT2D eigenvalue weighted by Gasteiger charge is 2.32. The molecular weight excluding hydrogens is 554 g/mol. The van der Waals surface area contributed by atoms with Gasteiger partial charge in [-0.25, -0.2) is 9.79 Å². The minimum absolute atomic E-state index is 0.0692. The van der Waals surface area contributed by atoms with Gasteiger partial charge in [-0.3, -0.25) is 20.0 Å². The lowest BCUT2D eigenvalue weighted by Gasteiger charge is -2.31. The lowest BCUT2D eigenvalue weighted by atomic mass is 9.88. The van der Waals surface area contributed by atoms with Crippen molar-refractivity contribution in [2.45, 2.75) is 45.0 Å². The molecular formula is C29H33N9O5. The smallest absolute Gasteiger partial charge is 0.328 e. The molecule has 1 saturated heterocycles. The molecule has 224 valence electrons. The molecule has 3 aromatic rings. The predicted octanol–water partition coefficient (Wildman–Crippen LogP) is -0.00828. The third-order valence-corrected chi connectivity index (χ3v) is 8.02. The Hall–Kier alpha value is -5.00. The Labute approximate surface area is 247 Å². The second-order valence-electron chi connectivity index (χ2n) is 10.9. The van der Waals surface area contributed by atoms with Crippen LogP contribution in [0.3, 0.4) is 0 Å². The maximum absolute atomic E-state index is 13.4. The normalized spacial score (nSPS) is 19.1. The van der Waals surface area contributed by atoms with Gasteiger partial charge in [0.25, 0.3) is 11.8 Å². The summed E-state index contributed by atoms with van der Waals surface area (Å²) in [6, 6.07) is 5.39. The van der Waals surface area contributed by atoms with Gasteiger partial charge >= 0.3 is 5.97 Å². The minimum atomic E-state index is -1.38. The van der Waals surface area contributed by atoms with E-state index in [4.69, 9.17) is 11.0 Å². The van der Waals surface area contributed by atoms with Crippen LogP contribution >= 0.6 is 0 Å². The van der Waals surface area contributed by atoms with Crippen molar-refractivity contribution >= 4 is 34.6 Å². The molecule has 0 bridgehead atoms. The van der Waals surface area contributed by atoms with E-state index in [0.29, 0.717) is 36.2 Å². The van der Waals surface area contributed by atoms with Crippen LogP contribution in [0.25, 0.3) is 10.9 Å². The number of carbonyl (C=O) groups is 3. The molecule has 0 spiro atoms. The fourth-order valence-corrected chi connectivity index (χ4v) is 5.75. The van der Waals surface area contributed by atoms with Crippen molar-refractivity contribution in [2.24, 2.45) is 10.7 Å². The van der Waals surface area contributed by atoms with Gasteiger partial charge in [0.05, 0.1) is 24.4 Å². The number of carbonyl (C=O) groups excluding carboxylic acids is 2. The largest absolute Gasteiger partial charge is 0.480 e. The molecule has 2 aromatic carbocycles. The number of likely N-dealkylation sites (tertiary alicyclic amines) is 1. The van der Waals surface area contributed by atoms with E-state index in [1.165, 1.54) is 0 Å². The SMILES string of the molecule is Cc1cc2c(c(C)c1C(=O)N[C@@H](CN=C(NC#N)N1C[C@@H](O)[C@@H](N)C1)C(=O)O)CCN(C(=O)c1ccc3cn[nH]c3c1)C2. The molecule has 1 aromatic heterocycles. The Kier molecular flexibility index (Phi) is 8.29. The number of hydrogen-bond donors (Lipinski definition) is 6. The maximum atomic E-state index is 13.4. The van der Waals surface area contributed by atoms with Gasteiger partial charge in [-0.15, -0.1) is 0 Å². The monoisotopic (exact) mass is 587 g/mol. The maximum Gasteiger partial charge on any atom is 0.328 e. The summed E-state index contributed by atoms with van der Waals surface area (Å²) in [5, 5.41) is 41.7. The molecule has 0 saturated carbocycles. The van der Waals surface area contributed by atoms with Gasteiger partial charge in [0.15, 0.2) is 6.19 Å². The number of aliphatic hydroxyl groups excluding tert-OH is 1. The lowest BCUT2D eigenvalue weighted by molar-refractivity contribution is -0.138. The number of nitrogens with zero attached hydrogens (tertiary/aromatic N) is 5. The zero-order valence-corrected chi connectivity index (χ0v) is 23.8. The number of aliphatic imine (C=N–C) groups is 1. The van der Waals surface area contributed by atoms with Crippen LogP contribution in [-0.2, 0) is 17.8 Å². The number of H-pyrrole nitrogens is 1. The summed E-state index contributed by atoms with van der Waals surface area (Å²) in [5.74, 6) is -1.87. The van der Waals surface area contributed by atoms with Gasteiger partial charge in [-0.2, -0.15) is 10.4 Å². The quantitative estimate of drug-likeness (QED) is 0.0982. The Morgan fingerprint density at radius 1 is 1.26 bits per heavy atom. The van der Waals surface area contributed by atoms with E-state index in [1.54, 1.807) is 41.2 Å². The van der Waals surface area contributed by atoms with Crippen molar-refractivity contribution in [3.8, 4) is 6.19 Å². The number of β-amino-alcohol motifs (C(OH)–C–C–N with tert-alkyl or cyclic N) is 1. The number of nitrogens with one attached hydrogen (secondary N) is 3. The number of carboxylic acids is 1. The van der Waals surface area contributed by atoms with Crippen molar-refractivity contribution < 1.29 is 24.6 Å². The molecule has 0 aliphatic carbocycles. The Morgan fingerprint density at radius 3 is 2.74 bits per heavy atom. The molecule has 14 heteroatoms. The molecule has 2 amide bonds. The Bertz CT molecular complexity index is 1650. The number of benzene rings is 2. The first-order chi connectivity index (χ1) is 20.6. The average Bonchev–Trinajstić information content (AvgIpc) is 3.58. The van der Waals surface area contributed by atoms with Crippen LogP contribution in [0.2, 0.25) is 0 Å².